The van der Waals surface area contributed by atoms with Crippen molar-refractivity contribution in [3.63, 3.8) is 0 Å². The normalized spacial score (nSPS) is 15.0. The molecule has 1 amide bonds. The summed E-state index contributed by atoms with van der Waals surface area (Å²) in [5.41, 5.74) is 1.91. The Morgan fingerprint density at radius 1 is 1.17 bits per heavy atom. The van der Waals surface area contributed by atoms with Crippen LogP contribution < -0.4 is 14.8 Å². The molecule has 1 aliphatic rings. The summed E-state index contributed by atoms with van der Waals surface area (Å²) in [4.78, 5) is 12.5. The third kappa shape index (κ3) is 4.32. The van der Waals surface area contributed by atoms with Crippen molar-refractivity contribution in [1.82, 2.24) is 5.32 Å². The Kier molecular flexibility index (Phi) is 5.89. The minimum atomic E-state index is -0.189. The maximum atomic E-state index is 11.9. The van der Waals surface area contributed by atoms with Gasteiger partial charge in [-0.3, -0.25) is 4.79 Å². The van der Waals surface area contributed by atoms with Crippen molar-refractivity contribution in [2.75, 3.05) is 7.11 Å². The number of carbonyl (C=O) groups excluding carboxylic acids is 1. The maximum Gasteiger partial charge on any atom is 0.263 e. The highest BCUT2D eigenvalue weighted by Gasteiger charge is 2.22. The second-order valence-electron chi connectivity index (χ2n) is 6.31. The number of thiocarbonyl (C=S) groups is 1. The fraction of sp³-hybridized carbons (Fsp3) is 0.0909. The lowest BCUT2D eigenvalue weighted by molar-refractivity contribution is -0.115. The third-order valence-corrected chi connectivity index (χ3v) is 6.20. The molecule has 146 valence electrons. The van der Waals surface area contributed by atoms with E-state index in [1.54, 1.807) is 13.2 Å². The number of amides is 1. The molecule has 4 nitrogen and oxygen atoms in total. The third-order valence-electron chi connectivity index (χ3n) is 4.44. The van der Waals surface area contributed by atoms with Crippen molar-refractivity contribution in [2.45, 2.75) is 6.61 Å². The molecule has 0 spiro atoms. The summed E-state index contributed by atoms with van der Waals surface area (Å²) >= 11 is 9.85. The van der Waals surface area contributed by atoms with Crippen LogP contribution in [0, 0.1) is 0 Å². The molecule has 29 heavy (non-hydrogen) atoms. The van der Waals surface area contributed by atoms with E-state index < -0.39 is 0 Å². The topological polar surface area (TPSA) is 47.6 Å². The Balaban J connectivity index is 1.62. The van der Waals surface area contributed by atoms with Gasteiger partial charge in [-0.25, -0.2) is 0 Å². The Morgan fingerprint density at radius 3 is 2.72 bits per heavy atom. The van der Waals surface area contributed by atoms with Gasteiger partial charge in [0, 0.05) is 0 Å². The molecule has 0 unspecified atom stereocenters. The molecule has 3 aromatic carbocycles. The number of benzene rings is 3. The second kappa shape index (κ2) is 8.57. The Hall–Kier alpha value is -2.35. The first kappa shape index (κ1) is 19.9. The maximum absolute atomic E-state index is 11.9. The fourth-order valence-corrected chi connectivity index (χ4v) is 4.72. The zero-order chi connectivity index (χ0) is 20.4. The number of nitrogens with one attached hydrogen (secondary N) is 1. The smallest absolute Gasteiger partial charge is 0.263 e. The number of hydrogen-bond acceptors (Lipinski definition) is 5. The van der Waals surface area contributed by atoms with Gasteiger partial charge in [-0.2, -0.15) is 0 Å². The predicted octanol–water partition coefficient (Wildman–Crippen LogP) is 5.68. The molecule has 0 radical (unpaired) electrons. The van der Waals surface area contributed by atoms with Crippen LogP contribution in [0.15, 0.2) is 64.0 Å². The summed E-state index contributed by atoms with van der Waals surface area (Å²) in [5, 5.41) is 4.95. The number of methoxy groups -OCH3 is 1. The SMILES string of the molecule is COc1cc(/C=C2/SC(=S)NC2=O)cc(Br)c1OCc1cccc2ccccc12. The van der Waals surface area contributed by atoms with Crippen LogP contribution in [0.1, 0.15) is 11.1 Å². The largest absolute Gasteiger partial charge is 0.493 e. The molecule has 0 aromatic heterocycles. The first-order valence-electron chi connectivity index (χ1n) is 8.77. The molecule has 0 saturated carbocycles. The highest BCUT2D eigenvalue weighted by Crippen LogP contribution is 2.39. The van der Waals surface area contributed by atoms with E-state index in [-0.39, 0.29) is 5.91 Å². The number of rotatable bonds is 5. The van der Waals surface area contributed by atoms with Gasteiger partial charge in [-0.1, -0.05) is 66.4 Å². The Morgan fingerprint density at radius 2 is 1.97 bits per heavy atom. The van der Waals surface area contributed by atoms with Gasteiger partial charge >= 0.3 is 0 Å². The van der Waals surface area contributed by atoms with E-state index in [1.165, 1.54) is 17.1 Å². The summed E-state index contributed by atoms with van der Waals surface area (Å²) in [6.45, 7) is 0.406. The van der Waals surface area contributed by atoms with Gasteiger partial charge in [0.2, 0.25) is 0 Å². The lowest BCUT2D eigenvalue weighted by Crippen LogP contribution is -2.17. The van der Waals surface area contributed by atoms with E-state index in [0.717, 1.165) is 21.0 Å². The summed E-state index contributed by atoms with van der Waals surface area (Å²) in [6.07, 6.45) is 1.78. The number of ether oxygens (including phenoxy) is 2. The lowest BCUT2D eigenvalue weighted by atomic mass is 10.1. The predicted molar refractivity (Wildman–Crippen MR) is 125 cm³/mol. The Bertz CT molecular complexity index is 1150. The molecular formula is C22H16BrNO3S2. The van der Waals surface area contributed by atoms with Gasteiger partial charge < -0.3 is 14.8 Å². The molecule has 1 aliphatic heterocycles. The molecule has 7 heteroatoms. The Labute approximate surface area is 186 Å². The van der Waals surface area contributed by atoms with Crippen LogP contribution >= 0.6 is 39.9 Å². The van der Waals surface area contributed by atoms with E-state index in [0.29, 0.717) is 27.3 Å². The molecule has 0 bridgehead atoms. The van der Waals surface area contributed by atoms with Crippen molar-refractivity contribution in [3.8, 4) is 11.5 Å². The molecule has 1 fully saturated rings. The van der Waals surface area contributed by atoms with Gasteiger partial charge in [0.1, 0.15) is 10.9 Å². The van der Waals surface area contributed by atoms with Gasteiger partial charge in [-0.05, 0) is 56.0 Å². The van der Waals surface area contributed by atoms with Crippen molar-refractivity contribution in [1.29, 1.82) is 0 Å². The quantitative estimate of drug-likeness (QED) is 0.372. The number of fused-ring (bicyclic) bond motifs is 1. The van der Waals surface area contributed by atoms with Crippen molar-refractivity contribution in [2.24, 2.45) is 0 Å². The van der Waals surface area contributed by atoms with Crippen molar-refractivity contribution < 1.29 is 14.3 Å². The van der Waals surface area contributed by atoms with Crippen molar-refractivity contribution >= 4 is 67.0 Å². The first-order valence-corrected chi connectivity index (χ1v) is 10.8. The van der Waals surface area contributed by atoms with Gasteiger partial charge in [0.15, 0.2) is 11.5 Å². The van der Waals surface area contributed by atoms with Gasteiger partial charge in [0.25, 0.3) is 5.91 Å². The number of carbonyl (C=O) groups is 1. The zero-order valence-electron chi connectivity index (χ0n) is 15.4. The number of thioether (sulfide) groups is 1. The van der Waals surface area contributed by atoms with Gasteiger partial charge in [0.05, 0.1) is 16.5 Å². The highest BCUT2D eigenvalue weighted by molar-refractivity contribution is 9.10. The molecule has 3 aromatic rings. The second-order valence-corrected chi connectivity index (χ2v) is 8.89. The lowest BCUT2D eigenvalue weighted by Gasteiger charge is -2.15. The zero-order valence-corrected chi connectivity index (χ0v) is 18.6. The van der Waals surface area contributed by atoms with Crippen LogP contribution in [0.5, 0.6) is 11.5 Å². The molecular weight excluding hydrogens is 470 g/mol. The van der Waals surface area contributed by atoms with Crippen LogP contribution in [0.25, 0.3) is 16.8 Å². The first-order chi connectivity index (χ1) is 14.0. The van der Waals surface area contributed by atoms with Gasteiger partial charge in [-0.15, -0.1) is 0 Å². The van der Waals surface area contributed by atoms with E-state index >= 15 is 0 Å². The monoisotopic (exact) mass is 485 g/mol. The molecule has 1 saturated heterocycles. The minimum Gasteiger partial charge on any atom is -0.493 e. The van der Waals surface area contributed by atoms with Crippen LogP contribution in [0.3, 0.4) is 0 Å². The summed E-state index contributed by atoms with van der Waals surface area (Å²) in [6, 6.07) is 18.1. The van der Waals surface area contributed by atoms with Crippen molar-refractivity contribution in [3.05, 3.63) is 75.1 Å². The van der Waals surface area contributed by atoms with E-state index in [4.69, 9.17) is 21.7 Å². The summed E-state index contributed by atoms with van der Waals surface area (Å²) in [5.74, 6) is 1.01. The van der Waals surface area contributed by atoms with Crippen LogP contribution in [-0.4, -0.2) is 17.3 Å². The molecule has 0 atom stereocenters. The highest BCUT2D eigenvalue weighted by atomic mass is 79.9. The van der Waals surface area contributed by atoms with Crippen LogP contribution in [0.2, 0.25) is 0 Å². The van der Waals surface area contributed by atoms with E-state index in [1.807, 2.05) is 30.3 Å². The number of hydrogen-bond donors (Lipinski definition) is 1. The van der Waals surface area contributed by atoms with Crippen LogP contribution in [-0.2, 0) is 11.4 Å². The average Bonchev–Trinajstić information content (AvgIpc) is 3.03. The summed E-state index contributed by atoms with van der Waals surface area (Å²) < 4.78 is 12.9. The molecule has 0 aliphatic carbocycles. The average molecular weight is 486 g/mol. The van der Waals surface area contributed by atoms with E-state index in [2.05, 4.69) is 45.5 Å². The number of halogens is 1. The fourth-order valence-electron chi connectivity index (χ4n) is 3.10. The molecule has 4 rings (SSSR count). The van der Waals surface area contributed by atoms with Crippen LogP contribution in [0.4, 0.5) is 0 Å². The molecule has 1 heterocycles. The van der Waals surface area contributed by atoms with E-state index in [9.17, 15) is 4.79 Å². The molecule has 1 N–H and O–H groups in total. The summed E-state index contributed by atoms with van der Waals surface area (Å²) in [7, 11) is 1.59. The minimum absolute atomic E-state index is 0.189. The standard InChI is InChI=1S/C22H16BrNO3S2/c1-26-18-10-13(11-19-21(25)24-22(28)29-19)9-17(23)20(18)27-12-15-7-4-6-14-5-2-3-8-16(14)15/h2-11H,12H2,1H3,(H,24,25,28)/b19-11+.